The Kier molecular flexibility index (Phi) is 5.07. The maximum Gasteiger partial charge on any atom is 0.258 e. The van der Waals surface area contributed by atoms with Gasteiger partial charge in [-0.25, -0.2) is 13.5 Å². The minimum Gasteiger partial charge on any atom is -0.322 e. The van der Waals surface area contributed by atoms with Gasteiger partial charge in [0.15, 0.2) is 0 Å². The molecule has 0 saturated carbocycles. The lowest BCUT2D eigenvalue weighted by atomic mass is 10.2. The highest BCUT2D eigenvalue weighted by atomic mass is 19.1. The summed E-state index contributed by atoms with van der Waals surface area (Å²) in [5, 5.41) is 8.82. The van der Waals surface area contributed by atoms with Gasteiger partial charge in [0.05, 0.1) is 17.4 Å². The number of amides is 2. The van der Waals surface area contributed by atoms with Crippen LogP contribution in [-0.2, 0) is 4.79 Å². The summed E-state index contributed by atoms with van der Waals surface area (Å²) in [6.07, 6.45) is 3.64. The van der Waals surface area contributed by atoms with Crippen LogP contribution in [0.2, 0.25) is 0 Å². The number of para-hydroxylation sites is 1. The molecule has 3 rings (SSSR count). The number of aromatic nitrogens is 2. The van der Waals surface area contributed by atoms with Gasteiger partial charge in [0.25, 0.3) is 5.91 Å². The maximum absolute atomic E-state index is 14.0. The van der Waals surface area contributed by atoms with E-state index in [-0.39, 0.29) is 16.9 Å². The number of carbonyl (C=O) groups is 2. The van der Waals surface area contributed by atoms with E-state index in [1.54, 1.807) is 6.07 Å². The number of hydrogen-bond acceptors (Lipinski definition) is 3. The Balaban J connectivity index is 1.80. The third-order valence-electron chi connectivity index (χ3n) is 3.61. The second-order valence-corrected chi connectivity index (χ2v) is 5.47. The van der Waals surface area contributed by atoms with E-state index in [1.165, 1.54) is 47.4 Å². The maximum atomic E-state index is 14.0. The van der Waals surface area contributed by atoms with Gasteiger partial charge in [0, 0.05) is 11.9 Å². The molecule has 0 atom stereocenters. The number of carbonyl (C=O) groups excluding carboxylic acids is 2. The van der Waals surface area contributed by atoms with Gasteiger partial charge in [-0.05, 0) is 36.4 Å². The van der Waals surface area contributed by atoms with Gasteiger partial charge in [-0.3, -0.25) is 9.59 Å². The summed E-state index contributed by atoms with van der Waals surface area (Å²) >= 11 is 0. The molecule has 1 heterocycles. The molecule has 0 bridgehead atoms. The van der Waals surface area contributed by atoms with E-state index < -0.39 is 23.4 Å². The van der Waals surface area contributed by atoms with Crippen LogP contribution in [0, 0.1) is 11.6 Å². The summed E-state index contributed by atoms with van der Waals surface area (Å²) < 4.78 is 29.0. The number of nitrogens with zero attached hydrogens (tertiary/aromatic N) is 2. The number of hydrogen-bond donors (Lipinski definition) is 2. The van der Waals surface area contributed by atoms with Crippen molar-refractivity contribution >= 4 is 23.2 Å². The Morgan fingerprint density at radius 1 is 1.07 bits per heavy atom. The van der Waals surface area contributed by atoms with Crippen LogP contribution in [0.4, 0.5) is 20.2 Å². The van der Waals surface area contributed by atoms with E-state index in [4.69, 9.17) is 0 Å². The Labute approximate surface area is 153 Å². The molecule has 0 aliphatic heterocycles. The molecule has 1 aromatic heterocycles. The standard InChI is InChI=1S/C19H14F2N4O2/c1-2-18(26)23-13-7-8-14(20)16(9-13)24-19(27)12-10-22-25(11-12)17-6-4-3-5-15(17)21/h2-11H,1H2,(H,23,26)(H,24,27). The van der Waals surface area contributed by atoms with Crippen molar-refractivity contribution in [3.8, 4) is 5.69 Å². The van der Waals surface area contributed by atoms with Crippen molar-refractivity contribution < 1.29 is 18.4 Å². The van der Waals surface area contributed by atoms with Gasteiger partial charge in [0.1, 0.15) is 17.3 Å². The zero-order valence-electron chi connectivity index (χ0n) is 13.9. The van der Waals surface area contributed by atoms with Crippen LogP contribution in [0.5, 0.6) is 0 Å². The average molecular weight is 368 g/mol. The highest BCUT2D eigenvalue weighted by Gasteiger charge is 2.14. The fourth-order valence-electron chi connectivity index (χ4n) is 2.30. The number of halogens is 2. The van der Waals surface area contributed by atoms with Gasteiger partial charge in [0.2, 0.25) is 5.91 Å². The van der Waals surface area contributed by atoms with Crippen molar-refractivity contribution in [3.63, 3.8) is 0 Å². The summed E-state index contributed by atoms with van der Waals surface area (Å²) in [5.41, 5.74) is 0.453. The van der Waals surface area contributed by atoms with Crippen molar-refractivity contribution in [2.24, 2.45) is 0 Å². The summed E-state index contributed by atoms with van der Waals surface area (Å²) in [7, 11) is 0. The zero-order chi connectivity index (χ0) is 19.4. The van der Waals surface area contributed by atoms with E-state index in [2.05, 4.69) is 22.3 Å². The van der Waals surface area contributed by atoms with Gasteiger partial charge >= 0.3 is 0 Å². The third kappa shape index (κ3) is 4.06. The van der Waals surface area contributed by atoms with Crippen LogP contribution in [0.25, 0.3) is 5.69 Å². The molecule has 27 heavy (non-hydrogen) atoms. The van der Waals surface area contributed by atoms with Crippen molar-refractivity contribution in [2.45, 2.75) is 0 Å². The minimum atomic E-state index is -0.679. The van der Waals surface area contributed by atoms with E-state index in [9.17, 15) is 18.4 Å². The zero-order valence-corrected chi connectivity index (χ0v) is 13.9. The van der Waals surface area contributed by atoms with Gasteiger partial charge in [-0.2, -0.15) is 5.10 Å². The van der Waals surface area contributed by atoms with Crippen molar-refractivity contribution in [1.82, 2.24) is 9.78 Å². The molecule has 0 unspecified atom stereocenters. The first-order valence-electron chi connectivity index (χ1n) is 7.82. The van der Waals surface area contributed by atoms with E-state index >= 15 is 0 Å². The SMILES string of the molecule is C=CC(=O)Nc1ccc(F)c(NC(=O)c2cnn(-c3ccccc3F)c2)c1. The van der Waals surface area contributed by atoms with Crippen LogP contribution in [0.15, 0.2) is 67.5 Å². The molecule has 2 amide bonds. The highest BCUT2D eigenvalue weighted by molar-refractivity contribution is 6.05. The predicted octanol–water partition coefficient (Wildman–Crippen LogP) is 3.53. The first kappa shape index (κ1) is 18.0. The summed E-state index contributed by atoms with van der Waals surface area (Å²) in [5.74, 6) is -2.28. The third-order valence-corrected chi connectivity index (χ3v) is 3.61. The number of benzene rings is 2. The topological polar surface area (TPSA) is 76.0 Å². The Bertz CT molecular complexity index is 1030. The molecule has 2 aromatic carbocycles. The van der Waals surface area contributed by atoms with Crippen LogP contribution in [0.3, 0.4) is 0 Å². The Morgan fingerprint density at radius 3 is 2.59 bits per heavy atom. The van der Waals surface area contributed by atoms with Crippen LogP contribution in [-0.4, -0.2) is 21.6 Å². The Hall–Kier alpha value is -3.81. The van der Waals surface area contributed by atoms with Crippen molar-refractivity contribution in [1.29, 1.82) is 0 Å². The molecule has 0 radical (unpaired) electrons. The summed E-state index contributed by atoms with van der Waals surface area (Å²) in [6.45, 7) is 3.33. The fraction of sp³-hybridized carbons (Fsp3) is 0. The molecule has 3 aromatic rings. The second-order valence-electron chi connectivity index (χ2n) is 5.47. The van der Waals surface area contributed by atoms with Crippen molar-refractivity contribution in [3.05, 3.63) is 84.7 Å². The predicted molar refractivity (Wildman–Crippen MR) is 96.7 cm³/mol. The van der Waals surface area contributed by atoms with Crippen LogP contribution >= 0.6 is 0 Å². The summed E-state index contributed by atoms with van der Waals surface area (Å²) in [4.78, 5) is 23.7. The normalized spacial score (nSPS) is 10.3. The van der Waals surface area contributed by atoms with E-state index in [0.717, 1.165) is 12.1 Å². The second kappa shape index (κ2) is 7.61. The number of nitrogens with one attached hydrogen (secondary N) is 2. The lowest BCUT2D eigenvalue weighted by Crippen LogP contribution is -2.13. The molecule has 8 heteroatoms. The number of rotatable bonds is 5. The average Bonchev–Trinajstić information content (AvgIpc) is 3.14. The fourth-order valence-corrected chi connectivity index (χ4v) is 2.30. The highest BCUT2D eigenvalue weighted by Crippen LogP contribution is 2.21. The lowest BCUT2D eigenvalue weighted by Gasteiger charge is -2.08. The molecule has 2 N–H and O–H groups in total. The quantitative estimate of drug-likeness (QED) is 0.677. The molecule has 6 nitrogen and oxygen atoms in total. The van der Waals surface area contributed by atoms with Crippen LogP contribution in [0.1, 0.15) is 10.4 Å². The molecular weight excluding hydrogens is 354 g/mol. The smallest absolute Gasteiger partial charge is 0.258 e. The van der Waals surface area contributed by atoms with Crippen molar-refractivity contribution in [2.75, 3.05) is 10.6 Å². The van der Waals surface area contributed by atoms with E-state index in [0.29, 0.717) is 5.69 Å². The molecule has 0 fully saturated rings. The first-order valence-corrected chi connectivity index (χ1v) is 7.82. The van der Waals surface area contributed by atoms with Crippen LogP contribution < -0.4 is 10.6 Å². The lowest BCUT2D eigenvalue weighted by molar-refractivity contribution is -0.111. The molecule has 0 aliphatic carbocycles. The molecule has 136 valence electrons. The molecule has 0 saturated heterocycles. The molecule has 0 spiro atoms. The monoisotopic (exact) mass is 368 g/mol. The van der Waals surface area contributed by atoms with Gasteiger partial charge in [-0.1, -0.05) is 18.7 Å². The minimum absolute atomic E-state index is 0.109. The Morgan fingerprint density at radius 2 is 1.85 bits per heavy atom. The van der Waals surface area contributed by atoms with Gasteiger partial charge in [-0.15, -0.1) is 0 Å². The molecule has 0 aliphatic rings. The van der Waals surface area contributed by atoms with E-state index in [1.807, 2.05) is 0 Å². The number of anilines is 2. The molecular formula is C19H14F2N4O2. The first-order chi connectivity index (χ1) is 13.0. The largest absolute Gasteiger partial charge is 0.322 e. The van der Waals surface area contributed by atoms with Gasteiger partial charge < -0.3 is 10.6 Å². The summed E-state index contributed by atoms with van der Waals surface area (Å²) in [6, 6.07) is 9.69.